The molecule has 4 nitrogen and oxygen atoms in total. The summed E-state index contributed by atoms with van der Waals surface area (Å²) in [5, 5.41) is 11.8. The molecule has 1 aromatic carbocycles. The highest BCUT2D eigenvalue weighted by molar-refractivity contribution is 5.81. The van der Waals surface area contributed by atoms with Gasteiger partial charge in [-0.25, -0.2) is 0 Å². The quantitative estimate of drug-likeness (QED) is 0.803. The predicted molar refractivity (Wildman–Crippen MR) is 73.7 cm³/mol. The van der Waals surface area contributed by atoms with E-state index >= 15 is 0 Å². The van der Waals surface area contributed by atoms with E-state index in [1.165, 1.54) is 0 Å². The zero-order valence-corrected chi connectivity index (χ0v) is 11.4. The molecule has 0 atom stereocenters. The van der Waals surface area contributed by atoms with Crippen molar-refractivity contribution in [3.05, 3.63) is 29.3 Å². The van der Waals surface area contributed by atoms with Gasteiger partial charge in [-0.1, -0.05) is 13.0 Å². The molecule has 18 heavy (non-hydrogen) atoms. The zero-order valence-electron chi connectivity index (χ0n) is 11.4. The van der Waals surface area contributed by atoms with Gasteiger partial charge in [0.25, 0.3) is 0 Å². The second-order valence-corrected chi connectivity index (χ2v) is 4.36. The minimum absolute atomic E-state index is 0.00679. The number of rotatable bonds is 6. The van der Waals surface area contributed by atoms with E-state index in [-0.39, 0.29) is 12.5 Å². The smallest absolute Gasteiger partial charge is 0.239 e. The van der Waals surface area contributed by atoms with Crippen molar-refractivity contribution in [2.75, 3.05) is 25.0 Å². The summed E-state index contributed by atoms with van der Waals surface area (Å²) in [6.45, 7) is 5.31. The Labute approximate surface area is 109 Å². The number of likely N-dealkylation sites (N-methyl/N-ethyl adjacent to an activating group) is 1. The third kappa shape index (κ3) is 3.74. The van der Waals surface area contributed by atoms with Crippen LogP contribution in [0.5, 0.6) is 0 Å². The first-order valence-electron chi connectivity index (χ1n) is 6.28. The van der Waals surface area contributed by atoms with Crippen LogP contribution in [-0.4, -0.2) is 31.2 Å². The van der Waals surface area contributed by atoms with Crippen LogP contribution in [0.2, 0.25) is 0 Å². The minimum Gasteiger partial charge on any atom is -0.392 e. The molecule has 2 N–H and O–H groups in total. The molecule has 0 fully saturated rings. The van der Waals surface area contributed by atoms with E-state index in [9.17, 15) is 4.79 Å². The molecule has 0 saturated carbocycles. The van der Waals surface area contributed by atoms with Crippen molar-refractivity contribution in [2.24, 2.45) is 0 Å². The fraction of sp³-hybridized carbons (Fsp3) is 0.500. The zero-order chi connectivity index (χ0) is 13.5. The molecule has 0 spiro atoms. The van der Waals surface area contributed by atoms with E-state index in [1.807, 2.05) is 30.0 Å². The van der Waals surface area contributed by atoms with E-state index in [0.717, 1.165) is 29.8 Å². The summed E-state index contributed by atoms with van der Waals surface area (Å²) in [6.07, 6.45) is 0.984. The molecule has 0 aliphatic rings. The van der Waals surface area contributed by atoms with Crippen molar-refractivity contribution in [3.63, 3.8) is 0 Å². The van der Waals surface area contributed by atoms with E-state index in [4.69, 9.17) is 5.11 Å². The summed E-state index contributed by atoms with van der Waals surface area (Å²) in [7, 11) is 1.65. The van der Waals surface area contributed by atoms with Crippen LogP contribution in [-0.2, 0) is 11.4 Å². The Morgan fingerprint density at radius 3 is 2.67 bits per heavy atom. The molecule has 0 aliphatic heterocycles. The van der Waals surface area contributed by atoms with Crippen LogP contribution in [0.4, 0.5) is 5.69 Å². The van der Waals surface area contributed by atoms with E-state index < -0.39 is 0 Å². The Kier molecular flexibility index (Phi) is 5.65. The molecular formula is C14H22N2O2. The van der Waals surface area contributed by atoms with Crippen LogP contribution >= 0.6 is 0 Å². The number of hydrogen-bond acceptors (Lipinski definition) is 3. The van der Waals surface area contributed by atoms with Gasteiger partial charge in [0.05, 0.1) is 13.2 Å². The van der Waals surface area contributed by atoms with Crippen LogP contribution < -0.4 is 10.2 Å². The van der Waals surface area contributed by atoms with Crippen LogP contribution in [0.25, 0.3) is 0 Å². The molecular weight excluding hydrogens is 228 g/mol. The first kappa shape index (κ1) is 14.5. The Balaban J connectivity index is 2.91. The number of nitrogens with zero attached hydrogens (tertiary/aromatic N) is 1. The van der Waals surface area contributed by atoms with E-state index in [0.29, 0.717) is 6.54 Å². The van der Waals surface area contributed by atoms with Gasteiger partial charge in [-0.15, -0.1) is 0 Å². The Bertz CT molecular complexity index is 405. The summed E-state index contributed by atoms with van der Waals surface area (Å²) in [6, 6.07) is 5.89. The standard InChI is InChI=1S/C14H22N2O2/c1-4-7-16(9-14(18)15-3)13-6-5-12(10-17)11(2)8-13/h5-6,8,17H,4,7,9-10H2,1-3H3,(H,15,18). The number of nitrogens with one attached hydrogen (secondary N) is 1. The van der Waals surface area contributed by atoms with Gasteiger partial charge in [0.15, 0.2) is 0 Å². The molecule has 0 unspecified atom stereocenters. The van der Waals surface area contributed by atoms with Gasteiger partial charge in [0, 0.05) is 19.3 Å². The molecule has 0 bridgehead atoms. The molecule has 0 heterocycles. The molecule has 100 valence electrons. The lowest BCUT2D eigenvalue weighted by atomic mass is 10.1. The third-order valence-corrected chi connectivity index (χ3v) is 2.97. The maximum absolute atomic E-state index is 11.5. The molecule has 1 amide bonds. The number of aliphatic hydroxyl groups is 1. The second-order valence-electron chi connectivity index (χ2n) is 4.36. The van der Waals surface area contributed by atoms with Crippen LogP contribution in [0.1, 0.15) is 24.5 Å². The lowest BCUT2D eigenvalue weighted by Gasteiger charge is -2.24. The van der Waals surface area contributed by atoms with Gasteiger partial charge in [-0.3, -0.25) is 4.79 Å². The summed E-state index contributed by atoms with van der Waals surface area (Å²) < 4.78 is 0. The topological polar surface area (TPSA) is 52.6 Å². The number of benzene rings is 1. The van der Waals surface area contributed by atoms with Crippen molar-refractivity contribution in [1.82, 2.24) is 5.32 Å². The molecule has 0 radical (unpaired) electrons. The van der Waals surface area contributed by atoms with Gasteiger partial charge < -0.3 is 15.3 Å². The molecule has 4 heteroatoms. The highest BCUT2D eigenvalue weighted by Crippen LogP contribution is 2.19. The lowest BCUT2D eigenvalue weighted by Crippen LogP contribution is -2.36. The van der Waals surface area contributed by atoms with Crippen LogP contribution in [0.3, 0.4) is 0 Å². The maximum Gasteiger partial charge on any atom is 0.239 e. The van der Waals surface area contributed by atoms with Gasteiger partial charge in [-0.2, -0.15) is 0 Å². The normalized spacial score (nSPS) is 10.2. The number of amides is 1. The van der Waals surface area contributed by atoms with Crippen molar-refractivity contribution in [3.8, 4) is 0 Å². The van der Waals surface area contributed by atoms with Crippen molar-refractivity contribution < 1.29 is 9.90 Å². The third-order valence-electron chi connectivity index (χ3n) is 2.97. The Hall–Kier alpha value is -1.55. The van der Waals surface area contributed by atoms with Crippen molar-refractivity contribution in [2.45, 2.75) is 26.9 Å². The van der Waals surface area contributed by atoms with E-state index in [2.05, 4.69) is 12.2 Å². The highest BCUT2D eigenvalue weighted by Gasteiger charge is 2.10. The summed E-state index contributed by atoms with van der Waals surface area (Å²) in [4.78, 5) is 13.5. The fourth-order valence-electron chi connectivity index (χ4n) is 1.88. The second kappa shape index (κ2) is 7.01. The molecule has 1 aromatic rings. The van der Waals surface area contributed by atoms with Gasteiger partial charge >= 0.3 is 0 Å². The van der Waals surface area contributed by atoms with Crippen molar-refractivity contribution in [1.29, 1.82) is 0 Å². The fourth-order valence-corrected chi connectivity index (χ4v) is 1.88. The van der Waals surface area contributed by atoms with Crippen LogP contribution in [0, 0.1) is 6.92 Å². The number of carbonyl (C=O) groups is 1. The van der Waals surface area contributed by atoms with Gasteiger partial charge in [0.1, 0.15) is 0 Å². The molecule has 0 saturated heterocycles. The molecule has 0 aromatic heterocycles. The number of carbonyl (C=O) groups excluding carboxylic acids is 1. The monoisotopic (exact) mass is 250 g/mol. The average molecular weight is 250 g/mol. The van der Waals surface area contributed by atoms with E-state index in [1.54, 1.807) is 7.05 Å². The summed E-state index contributed by atoms with van der Waals surface area (Å²) >= 11 is 0. The minimum atomic E-state index is 0.00679. The first-order chi connectivity index (χ1) is 8.62. The Morgan fingerprint density at radius 1 is 1.44 bits per heavy atom. The average Bonchev–Trinajstić information content (AvgIpc) is 2.38. The number of aliphatic hydroxyl groups excluding tert-OH is 1. The Morgan fingerprint density at radius 2 is 2.17 bits per heavy atom. The molecule has 0 aliphatic carbocycles. The largest absolute Gasteiger partial charge is 0.392 e. The number of aryl methyl sites for hydroxylation is 1. The van der Waals surface area contributed by atoms with Crippen molar-refractivity contribution >= 4 is 11.6 Å². The van der Waals surface area contributed by atoms with Gasteiger partial charge in [-0.05, 0) is 36.6 Å². The number of hydrogen-bond donors (Lipinski definition) is 2. The number of anilines is 1. The molecule has 1 rings (SSSR count). The van der Waals surface area contributed by atoms with Crippen LogP contribution in [0.15, 0.2) is 18.2 Å². The predicted octanol–water partition coefficient (Wildman–Crippen LogP) is 1.45. The first-order valence-corrected chi connectivity index (χ1v) is 6.28. The maximum atomic E-state index is 11.5. The lowest BCUT2D eigenvalue weighted by molar-refractivity contribution is -0.119. The summed E-state index contributed by atoms with van der Waals surface area (Å²) in [5.41, 5.74) is 3.00. The van der Waals surface area contributed by atoms with Gasteiger partial charge in [0.2, 0.25) is 5.91 Å². The SMILES string of the molecule is CCCN(CC(=O)NC)c1ccc(CO)c(C)c1. The highest BCUT2D eigenvalue weighted by atomic mass is 16.3. The summed E-state index contributed by atoms with van der Waals surface area (Å²) in [5.74, 6) is 0.00679.